The lowest BCUT2D eigenvalue weighted by Crippen LogP contribution is -2.04. The molecule has 0 spiro atoms. The summed E-state index contributed by atoms with van der Waals surface area (Å²) in [6.45, 7) is 1.87. The number of halogens is 1. The molecule has 0 amide bonds. The van der Waals surface area contributed by atoms with E-state index in [1.807, 2.05) is 6.92 Å². The van der Waals surface area contributed by atoms with Gasteiger partial charge in [-0.2, -0.15) is 9.78 Å². The molecule has 2 rings (SSSR count). The van der Waals surface area contributed by atoms with Crippen molar-refractivity contribution in [3.63, 3.8) is 0 Å². The van der Waals surface area contributed by atoms with Gasteiger partial charge in [0.05, 0.1) is 16.4 Å². The first-order valence-corrected chi connectivity index (χ1v) is 4.76. The molecule has 2 N–H and O–H groups in total. The highest BCUT2D eigenvalue weighted by atomic mass is 79.9. The lowest BCUT2D eigenvalue weighted by atomic mass is 10.5. The molecule has 72 valence electrons. The molecule has 0 saturated heterocycles. The maximum Gasteiger partial charge on any atom is 0.174 e. The predicted molar refractivity (Wildman–Crippen MR) is 56.0 cm³/mol. The minimum absolute atomic E-state index is 0.531. The molecule has 6 heteroatoms. The second-order valence-electron chi connectivity index (χ2n) is 2.76. The van der Waals surface area contributed by atoms with Gasteiger partial charge in [0.1, 0.15) is 5.82 Å². The summed E-state index contributed by atoms with van der Waals surface area (Å²) in [5, 5.41) is 4.22. The van der Waals surface area contributed by atoms with E-state index < -0.39 is 0 Å². The fourth-order valence-electron chi connectivity index (χ4n) is 1.10. The first kappa shape index (κ1) is 9.14. The van der Waals surface area contributed by atoms with E-state index in [2.05, 4.69) is 31.0 Å². The molecule has 0 aliphatic carbocycles. The number of rotatable bonds is 1. The van der Waals surface area contributed by atoms with Crippen molar-refractivity contribution < 1.29 is 0 Å². The number of nitrogens with zero attached hydrogens (tertiary/aromatic N) is 4. The average molecular weight is 254 g/mol. The number of anilines is 1. The normalized spacial score (nSPS) is 10.4. The zero-order valence-electron chi connectivity index (χ0n) is 7.48. The number of nitrogen functional groups attached to an aromatic ring is 1. The zero-order valence-corrected chi connectivity index (χ0v) is 9.06. The number of nitrogens with two attached hydrogens (primary N) is 1. The van der Waals surface area contributed by atoms with Crippen LogP contribution in [0.15, 0.2) is 23.1 Å². The first-order valence-electron chi connectivity index (χ1n) is 3.97. The zero-order chi connectivity index (χ0) is 10.1. The summed E-state index contributed by atoms with van der Waals surface area (Å²) in [6.07, 6.45) is 4.81. The number of hydrogen-bond donors (Lipinski definition) is 1. The summed E-state index contributed by atoms with van der Waals surface area (Å²) in [4.78, 5) is 8.05. The van der Waals surface area contributed by atoms with Crippen LogP contribution in [0.5, 0.6) is 0 Å². The van der Waals surface area contributed by atoms with E-state index >= 15 is 0 Å². The molecular weight excluding hydrogens is 246 g/mol. The van der Waals surface area contributed by atoms with Gasteiger partial charge in [0.25, 0.3) is 0 Å². The maximum absolute atomic E-state index is 5.82. The van der Waals surface area contributed by atoms with Gasteiger partial charge in [-0.15, -0.1) is 0 Å². The third kappa shape index (κ3) is 1.37. The van der Waals surface area contributed by atoms with Gasteiger partial charge in [0, 0.05) is 12.4 Å². The maximum atomic E-state index is 5.82. The summed E-state index contributed by atoms with van der Waals surface area (Å²) in [5.41, 5.74) is 6.65. The Morgan fingerprint density at radius 1 is 1.43 bits per heavy atom. The Balaban J connectivity index is 2.58. The summed E-state index contributed by atoms with van der Waals surface area (Å²) in [7, 11) is 0. The van der Waals surface area contributed by atoms with Gasteiger partial charge in [0.2, 0.25) is 0 Å². The minimum atomic E-state index is 0.531. The molecule has 0 fully saturated rings. The van der Waals surface area contributed by atoms with Gasteiger partial charge < -0.3 is 5.73 Å². The topological polar surface area (TPSA) is 69.6 Å². The summed E-state index contributed by atoms with van der Waals surface area (Å²) < 4.78 is 2.34. The van der Waals surface area contributed by atoms with Gasteiger partial charge in [-0.05, 0) is 22.9 Å². The van der Waals surface area contributed by atoms with E-state index in [1.165, 1.54) is 0 Å². The number of hydrogen-bond acceptors (Lipinski definition) is 4. The van der Waals surface area contributed by atoms with Crippen LogP contribution in [0.4, 0.5) is 5.82 Å². The fraction of sp³-hybridized carbons (Fsp3) is 0.125. The van der Waals surface area contributed by atoms with Crippen molar-refractivity contribution in [2.24, 2.45) is 0 Å². The van der Waals surface area contributed by atoms with Crippen LogP contribution in [0.25, 0.3) is 5.82 Å². The number of aryl methyl sites for hydroxylation is 1. The highest BCUT2D eigenvalue weighted by Crippen LogP contribution is 2.24. The second kappa shape index (κ2) is 3.38. The van der Waals surface area contributed by atoms with E-state index in [0.29, 0.717) is 11.6 Å². The van der Waals surface area contributed by atoms with Crippen LogP contribution < -0.4 is 5.73 Å². The third-order valence-corrected chi connectivity index (χ3v) is 2.77. The Hall–Kier alpha value is -1.43. The first-order chi connectivity index (χ1) is 6.70. The Morgan fingerprint density at radius 2 is 2.21 bits per heavy atom. The van der Waals surface area contributed by atoms with E-state index in [9.17, 15) is 0 Å². The lowest BCUT2D eigenvalue weighted by Gasteiger charge is -2.00. The number of aromatic nitrogens is 4. The summed E-state index contributed by atoms with van der Waals surface area (Å²) in [5.74, 6) is 1.14. The molecule has 14 heavy (non-hydrogen) atoms. The van der Waals surface area contributed by atoms with Crippen LogP contribution in [0, 0.1) is 6.92 Å². The molecule has 0 bridgehead atoms. The largest absolute Gasteiger partial charge is 0.383 e. The molecule has 0 aliphatic heterocycles. The van der Waals surface area contributed by atoms with Crippen LogP contribution in [-0.2, 0) is 0 Å². The van der Waals surface area contributed by atoms with Gasteiger partial charge in [0.15, 0.2) is 5.82 Å². The van der Waals surface area contributed by atoms with Crippen molar-refractivity contribution in [1.82, 2.24) is 19.7 Å². The molecule has 0 radical (unpaired) electrons. The Kier molecular flexibility index (Phi) is 2.20. The van der Waals surface area contributed by atoms with Crippen molar-refractivity contribution in [3.05, 3.63) is 28.8 Å². The van der Waals surface area contributed by atoms with Gasteiger partial charge in [-0.1, -0.05) is 0 Å². The molecule has 0 unspecified atom stereocenters. The molecule has 0 saturated carbocycles. The molecule has 0 aromatic carbocycles. The highest BCUT2D eigenvalue weighted by molar-refractivity contribution is 9.10. The minimum Gasteiger partial charge on any atom is -0.383 e. The smallest absolute Gasteiger partial charge is 0.174 e. The lowest BCUT2D eigenvalue weighted by molar-refractivity contribution is 0.833. The van der Waals surface area contributed by atoms with Gasteiger partial charge >= 0.3 is 0 Å². The SMILES string of the molecule is Cc1nn(-c2cnccn2)c(N)c1Br. The van der Waals surface area contributed by atoms with E-state index in [1.54, 1.807) is 23.3 Å². The monoisotopic (exact) mass is 253 g/mol. The molecule has 0 atom stereocenters. The van der Waals surface area contributed by atoms with Crippen molar-refractivity contribution in [1.29, 1.82) is 0 Å². The van der Waals surface area contributed by atoms with Gasteiger partial charge in [-0.25, -0.2) is 4.98 Å². The van der Waals surface area contributed by atoms with E-state index in [-0.39, 0.29) is 0 Å². The molecule has 2 aromatic heterocycles. The predicted octanol–water partition coefficient (Wildman–Crippen LogP) is 1.32. The summed E-state index contributed by atoms with van der Waals surface area (Å²) >= 11 is 3.34. The molecule has 2 aromatic rings. The van der Waals surface area contributed by atoms with E-state index in [4.69, 9.17) is 5.73 Å². The average Bonchev–Trinajstić information content (AvgIpc) is 2.47. The van der Waals surface area contributed by atoms with Crippen LogP contribution in [0.1, 0.15) is 5.69 Å². The van der Waals surface area contributed by atoms with Crippen LogP contribution >= 0.6 is 15.9 Å². The molecule has 5 nitrogen and oxygen atoms in total. The Morgan fingerprint density at radius 3 is 2.71 bits per heavy atom. The molecular formula is C8H8BrN5. The van der Waals surface area contributed by atoms with Gasteiger partial charge in [-0.3, -0.25) is 4.98 Å². The summed E-state index contributed by atoms with van der Waals surface area (Å²) in [6, 6.07) is 0. The molecule has 0 aliphatic rings. The third-order valence-electron chi connectivity index (χ3n) is 1.79. The highest BCUT2D eigenvalue weighted by Gasteiger charge is 2.11. The van der Waals surface area contributed by atoms with Crippen LogP contribution in [0.2, 0.25) is 0 Å². The van der Waals surface area contributed by atoms with Crippen LogP contribution in [-0.4, -0.2) is 19.7 Å². The Labute approximate surface area is 89.1 Å². The van der Waals surface area contributed by atoms with E-state index in [0.717, 1.165) is 10.2 Å². The second-order valence-corrected chi connectivity index (χ2v) is 3.55. The standard InChI is InChI=1S/C8H8BrN5/c1-5-7(9)8(10)14(13-5)6-4-11-2-3-12-6/h2-4H,10H2,1H3. The van der Waals surface area contributed by atoms with Crippen molar-refractivity contribution >= 4 is 21.7 Å². The fourth-order valence-corrected chi connectivity index (χ4v) is 1.35. The quantitative estimate of drug-likeness (QED) is 0.833. The Bertz CT molecular complexity index is 450. The van der Waals surface area contributed by atoms with Crippen molar-refractivity contribution in [3.8, 4) is 5.82 Å². The van der Waals surface area contributed by atoms with Crippen molar-refractivity contribution in [2.75, 3.05) is 5.73 Å². The van der Waals surface area contributed by atoms with Crippen LogP contribution in [0.3, 0.4) is 0 Å². The van der Waals surface area contributed by atoms with Crippen molar-refractivity contribution in [2.45, 2.75) is 6.92 Å². The molecule has 2 heterocycles.